The monoisotopic (exact) mass is 278 g/mol. The van der Waals surface area contributed by atoms with E-state index in [2.05, 4.69) is 0 Å². The molecule has 0 amide bonds. The van der Waals surface area contributed by atoms with E-state index < -0.39 is 29.4 Å². The number of rotatable bonds is 1. The van der Waals surface area contributed by atoms with Gasteiger partial charge in [-0.3, -0.25) is 0 Å². The molecule has 1 saturated heterocycles. The van der Waals surface area contributed by atoms with Gasteiger partial charge in [-0.15, -0.1) is 11.3 Å². The molecular weight excluding hydrogens is 264 g/mol. The lowest BCUT2D eigenvalue weighted by molar-refractivity contribution is -0.134. The van der Waals surface area contributed by atoms with Crippen molar-refractivity contribution in [2.24, 2.45) is 0 Å². The van der Waals surface area contributed by atoms with E-state index in [0.29, 0.717) is 16.1 Å². The first kappa shape index (κ1) is 13.9. The van der Waals surface area contributed by atoms with E-state index in [1.807, 2.05) is 27.7 Å². The summed E-state index contributed by atoms with van der Waals surface area (Å²) >= 11 is 0.664. The van der Waals surface area contributed by atoms with Gasteiger partial charge < -0.3 is 9.31 Å². The van der Waals surface area contributed by atoms with Crippen LogP contribution in [0.3, 0.4) is 0 Å². The summed E-state index contributed by atoms with van der Waals surface area (Å²) in [5, 5.41) is 0. The van der Waals surface area contributed by atoms with Gasteiger partial charge in [-0.1, -0.05) is 6.07 Å². The fraction of sp³-hybridized carbons (Fsp3) is 0.636. The Kier molecular flexibility index (Phi) is 3.07. The van der Waals surface area contributed by atoms with Crippen molar-refractivity contribution in [3.8, 4) is 0 Å². The number of halogens is 3. The molecule has 0 radical (unpaired) electrons. The highest BCUT2D eigenvalue weighted by Gasteiger charge is 2.52. The minimum absolute atomic E-state index is 0.445. The van der Waals surface area contributed by atoms with Crippen LogP contribution < -0.4 is 4.78 Å². The van der Waals surface area contributed by atoms with Crippen molar-refractivity contribution in [1.29, 1.82) is 0 Å². The summed E-state index contributed by atoms with van der Waals surface area (Å²) in [7, 11) is -0.726. The lowest BCUT2D eigenvalue weighted by Crippen LogP contribution is -2.41. The van der Waals surface area contributed by atoms with Gasteiger partial charge in [0.15, 0.2) is 0 Å². The van der Waals surface area contributed by atoms with E-state index in [0.717, 1.165) is 6.07 Å². The molecule has 0 aliphatic carbocycles. The van der Waals surface area contributed by atoms with Crippen LogP contribution in [0.15, 0.2) is 12.1 Å². The third-order valence-electron chi connectivity index (χ3n) is 3.39. The molecule has 1 fully saturated rings. The zero-order valence-electron chi connectivity index (χ0n) is 10.6. The summed E-state index contributed by atoms with van der Waals surface area (Å²) in [5.74, 6) is 0. The molecule has 0 atom stereocenters. The Labute approximate surface area is 108 Å². The van der Waals surface area contributed by atoms with Gasteiger partial charge in [-0.2, -0.15) is 13.2 Å². The summed E-state index contributed by atoms with van der Waals surface area (Å²) < 4.78 is 49.4. The molecule has 0 aromatic carbocycles. The normalized spacial score (nSPS) is 22.5. The molecule has 1 aromatic heterocycles. The predicted octanol–water partition coefficient (Wildman–Crippen LogP) is 3.07. The largest absolute Gasteiger partial charge is 0.505 e. The smallest absolute Gasteiger partial charge is 0.399 e. The van der Waals surface area contributed by atoms with Gasteiger partial charge >= 0.3 is 13.3 Å². The third kappa shape index (κ3) is 2.31. The second-order valence-corrected chi connectivity index (χ2v) is 6.40. The van der Waals surface area contributed by atoms with E-state index in [1.165, 1.54) is 6.07 Å². The molecule has 0 unspecified atom stereocenters. The van der Waals surface area contributed by atoms with Crippen molar-refractivity contribution >= 4 is 23.2 Å². The molecular formula is C11H14BF3O2S. The molecule has 0 bridgehead atoms. The Morgan fingerprint density at radius 1 is 1.06 bits per heavy atom. The van der Waals surface area contributed by atoms with Crippen molar-refractivity contribution in [2.45, 2.75) is 45.1 Å². The fourth-order valence-corrected chi connectivity index (χ4v) is 2.43. The van der Waals surface area contributed by atoms with Gasteiger partial charge in [0.2, 0.25) is 0 Å². The minimum Gasteiger partial charge on any atom is -0.399 e. The van der Waals surface area contributed by atoms with Crippen LogP contribution in [0, 0.1) is 0 Å². The highest BCUT2D eigenvalue weighted by molar-refractivity contribution is 7.22. The molecule has 2 heterocycles. The van der Waals surface area contributed by atoms with Crippen LogP contribution in [0.25, 0.3) is 0 Å². The van der Waals surface area contributed by atoms with Crippen molar-refractivity contribution < 1.29 is 22.5 Å². The van der Waals surface area contributed by atoms with Crippen LogP contribution in [0.5, 0.6) is 0 Å². The lowest BCUT2D eigenvalue weighted by atomic mass is 9.88. The Balaban J connectivity index is 2.23. The summed E-state index contributed by atoms with van der Waals surface area (Å²) in [6.45, 7) is 7.47. The topological polar surface area (TPSA) is 18.5 Å². The molecule has 2 rings (SSSR count). The van der Waals surface area contributed by atoms with Crippen LogP contribution in [-0.4, -0.2) is 18.3 Å². The van der Waals surface area contributed by atoms with Crippen LogP contribution in [0.2, 0.25) is 0 Å². The second kappa shape index (κ2) is 3.98. The van der Waals surface area contributed by atoms with E-state index in [1.54, 1.807) is 0 Å². The Hall–Kier alpha value is -0.525. The van der Waals surface area contributed by atoms with Crippen molar-refractivity contribution in [2.75, 3.05) is 0 Å². The average Bonchev–Trinajstić information content (AvgIpc) is 2.69. The number of hydrogen-bond donors (Lipinski definition) is 0. The Morgan fingerprint density at radius 3 is 1.94 bits per heavy atom. The second-order valence-electron chi connectivity index (χ2n) is 5.29. The van der Waals surface area contributed by atoms with Gasteiger partial charge in [0.1, 0.15) is 4.88 Å². The predicted molar refractivity (Wildman–Crippen MR) is 65.0 cm³/mol. The van der Waals surface area contributed by atoms with Gasteiger partial charge in [0.05, 0.1) is 11.2 Å². The Morgan fingerprint density at radius 2 is 1.56 bits per heavy atom. The van der Waals surface area contributed by atoms with Crippen molar-refractivity contribution in [3.63, 3.8) is 0 Å². The summed E-state index contributed by atoms with van der Waals surface area (Å²) in [6, 6.07) is 2.47. The highest BCUT2D eigenvalue weighted by atomic mass is 32.1. The van der Waals surface area contributed by atoms with Crippen molar-refractivity contribution in [1.82, 2.24) is 0 Å². The fourth-order valence-electron chi connectivity index (χ4n) is 1.59. The number of thiophene rings is 1. The molecule has 7 heteroatoms. The Bertz CT molecular complexity index is 437. The van der Waals surface area contributed by atoms with Crippen LogP contribution in [-0.2, 0) is 15.5 Å². The van der Waals surface area contributed by atoms with E-state index >= 15 is 0 Å². The van der Waals surface area contributed by atoms with E-state index in [9.17, 15) is 13.2 Å². The molecule has 0 saturated carbocycles. The number of hydrogen-bond acceptors (Lipinski definition) is 3. The highest BCUT2D eigenvalue weighted by Crippen LogP contribution is 2.38. The molecule has 2 nitrogen and oxygen atoms in total. The first-order valence-corrected chi connectivity index (χ1v) is 6.37. The maximum absolute atomic E-state index is 12.5. The summed E-state index contributed by atoms with van der Waals surface area (Å²) in [4.78, 5) is -0.632. The average molecular weight is 278 g/mol. The van der Waals surface area contributed by atoms with Crippen molar-refractivity contribution in [3.05, 3.63) is 17.0 Å². The zero-order chi connectivity index (χ0) is 13.8. The molecule has 18 heavy (non-hydrogen) atoms. The van der Waals surface area contributed by atoms with E-state index in [-0.39, 0.29) is 0 Å². The van der Waals surface area contributed by atoms with Gasteiger partial charge in [0, 0.05) is 4.78 Å². The standard InChI is InChI=1S/C11H14BF3O2S/c1-9(2)10(3,4)17-12(16-9)8-6-5-7(18-8)11(13,14)15/h5-6H,1-4H3. The summed E-state index contributed by atoms with van der Waals surface area (Å²) in [6.07, 6.45) is -4.31. The van der Waals surface area contributed by atoms with Gasteiger partial charge in [-0.25, -0.2) is 0 Å². The minimum atomic E-state index is -4.31. The van der Waals surface area contributed by atoms with Gasteiger partial charge in [0.25, 0.3) is 0 Å². The summed E-state index contributed by atoms with van der Waals surface area (Å²) in [5.41, 5.74) is -1.08. The molecule has 100 valence electrons. The number of alkyl halides is 3. The molecule has 1 aliphatic heterocycles. The van der Waals surface area contributed by atoms with Crippen LogP contribution in [0.4, 0.5) is 13.2 Å². The molecule has 0 N–H and O–H groups in total. The lowest BCUT2D eigenvalue weighted by Gasteiger charge is -2.32. The zero-order valence-corrected chi connectivity index (χ0v) is 11.4. The SMILES string of the molecule is CC1(C)OB(c2ccc(C(F)(F)F)s2)OC1(C)C. The van der Waals surface area contributed by atoms with Gasteiger partial charge in [-0.05, 0) is 33.8 Å². The first-order valence-electron chi connectivity index (χ1n) is 5.55. The maximum Gasteiger partial charge on any atom is 0.505 e. The van der Waals surface area contributed by atoms with Crippen LogP contribution in [0.1, 0.15) is 32.6 Å². The quantitative estimate of drug-likeness (QED) is 0.735. The third-order valence-corrected chi connectivity index (χ3v) is 4.54. The first-order chi connectivity index (χ1) is 8.03. The maximum atomic E-state index is 12.5. The molecule has 0 spiro atoms. The van der Waals surface area contributed by atoms with Crippen LogP contribution >= 0.6 is 11.3 Å². The van der Waals surface area contributed by atoms with E-state index in [4.69, 9.17) is 9.31 Å². The molecule has 1 aromatic rings. The molecule has 1 aliphatic rings.